The second-order valence-corrected chi connectivity index (χ2v) is 1.68. The Bertz CT molecular complexity index is 145. The van der Waals surface area contributed by atoms with Crippen LogP contribution in [0.25, 0.3) is 0 Å². The Hall–Kier alpha value is -1.05. The van der Waals surface area contributed by atoms with E-state index >= 15 is 0 Å². The van der Waals surface area contributed by atoms with E-state index in [4.69, 9.17) is 5.73 Å². The van der Waals surface area contributed by atoms with Crippen LogP contribution in [-0.4, -0.2) is 4.98 Å². The van der Waals surface area contributed by atoms with Crippen LogP contribution in [0.5, 0.6) is 0 Å². The first kappa shape index (κ1) is 5.09. The van der Waals surface area contributed by atoms with Crippen LogP contribution in [0.4, 0.5) is 5.82 Å². The fourth-order valence-electron chi connectivity index (χ4n) is 0.434. The van der Waals surface area contributed by atoms with Crippen molar-refractivity contribution in [2.75, 3.05) is 5.73 Å². The predicted octanol–water partition coefficient (Wildman–Crippen LogP) is 0.772. The zero-order valence-electron chi connectivity index (χ0n) is 4.68. The molecule has 0 bridgehead atoms. The average Bonchev–Trinajstić information content (AvgIpc) is 1.77. The molecule has 1 radical (unpaired) electrons. The van der Waals surface area contributed by atoms with E-state index in [1.807, 2.05) is 13.0 Å². The first-order chi connectivity index (χ1) is 3.79. The number of nitrogens with zero attached hydrogens (tertiary/aromatic N) is 1. The Kier molecular flexibility index (Phi) is 1.16. The van der Waals surface area contributed by atoms with Gasteiger partial charge in [0, 0.05) is 12.3 Å². The number of nitrogens with two attached hydrogens (primary N) is 1. The smallest absolute Gasteiger partial charge is 0.131 e. The minimum absolute atomic E-state index is 0.454. The fourth-order valence-corrected chi connectivity index (χ4v) is 0.434. The van der Waals surface area contributed by atoms with Crippen molar-refractivity contribution in [3.05, 3.63) is 23.9 Å². The van der Waals surface area contributed by atoms with Gasteiger partial charge in [-0.05, 0) is 18.6 Å². The highest BCUT2D eigenvalue weighted by Gasteiger charge is 1.82. The van der Waals surface area contributed by atoms with Crippen LogP contribution in [0.15, 0.2) is 12.3 Å². The minimum atomic E-state index is 0.454. The lowest BCUT2D eigenvalue weighted by atomic mass is 10.3. The van der Waals surface area contributed by atoms with Crippen LogP contribution in [0.2, 0.25) is 0 Å². The monoisotopic (exact) mass is 107 g/mol. The number of nitrogen functional groups attached to an aromatic ring is 1. The van der Waals surface area contributed by atoms with Crippen molar-refractivity contribution in [1.82, 2.24) is 4.98 Å². The third kappa shape index (κ3) is 0.964. The third-order valence-corrected chi connectivity index (χ3v) is 0.855. The summed E-state index contributed by atoms with van der Waals surface area (Å²) in [6, 6.07) is 4.57. The van der Waals surface area contributed by atoms with Crippen molar-refractivity contribution in [2.45, 2.75) is 6.92 Å². The number of aryl methyl sites for hydroxylation is 1. The summed E-state index contributed by atoms with van der Waals surface area (Å²) in [6.07, 6.45) is 1.71. The maximum Gasteiger partial charge on any atom is 0.131 e. The summed E-state index contributed by atoms with van der Waals surface area (Å²) in [4.78, 5) is 3.80. The lowest BCUT2D eigenvalue weighted by Crippen LogP contribution is -1.88. The zero-order chi connectivity index (χ0) is 5.98. The van der Waals surface area contributed by atoms with Gasteiger partial charge in [-0.15, -0.1) is 0 Å². The van der Waals surface area contributed by atoms with Gasteiger partial charge in [-0.3, -0.25) is 0 Å². The summed E-state index contributed by atoms with van der Waals surface area (Å²) in [5.74, 6) is 0.454. The van der Waals surface area contributed by atoms with Crippen LogP contribution < -0.4 is 5.73 Å². The lowest BCUT2D eigenvalue weighted by molar-refractivity contribution is 1.27. The fraction of sp³-hybridized carbons (Fsp3) is 0.167. The van der Waals surface area contributed by atoms with E-state index in [-0.39, 0.29) is 0 Å². The molecule has 0 aliphatic heterocycles. The van der Waals surface area contributed by atoms with Gasteiger partial charge in [-0.25, -0.2) is 4.98 Å². The van der Waals surface area contributed by atoms with Crippen molar-refractivity contribution in [3.8, 4) is 0 Å². The molecule has 0 aliphatic carbocycles. The van der Waals surface area contributed by atoms with Crippen molar-refractivity contribution in [1.29, 1.82) is 0 Å². The topological polar surface area (TPSA) is 38.9 Å². The minimum Gasteiger partial charge on any atom is -0.383 e. The van der Waals surface area contributed by atoms with E-state index in [0.29, 0.717) is 5.82 Å². The predicted molar refractivity (Wildman–Crippen MR) is 32.2 cm³/mol. The van der Waals surface area contributed by atoms with Crippen molar-refractivity contribution < 1.29 is 0 Å². The standard InChI is InChI=1S/C6H7N2/c1-5-2-3-6(7)8-4-5/h2,4H,1H3,(H2,7,8). The molecule has 0 aromatic carbocycles. The molecule has 2 heteroatoms. The molecule has 1 aromatic heterocycles. The first-order valence-electron chi connectivity index (χ1n) is 2.39. The molecule has 0 spiro atoms. The second kappa shape index (κ2) is 1.82. The van der Waals surface area contributed by atoms with Gasteiger partial charge in [-0.2, -0.15) is 0 Å². The Morgan fingerprint density at radius 1 is 1.75 bits per heavy atom. The van der Waals surface area contributed by atoms with Crippen LogP contribution in [0.3, 0.4) is 0 Å². The van der Waals surface area contributed by atoms with Crippen molar-refractivity contribution >= 4 is 5.82 Å². The highest BCUT2D eigenvalue weighted by molar-refractivity contribution is 5.26. The van der Waals surface area contributed by atoms with E-state index in [9.17, 15) is 0 Å². The first-order valence-corrected chi connectivity index (χ1v) is 2.39. The molecule has 41 valence electrons. The van der Waals surface area contributed by atoms with E-state index < -0.39 is 0 Å². The van der Waals surface area contributed by atoms with E-state index in [0.717, 1.165) is 5.56 Å². The maximum atomic E-state index is 5.26. The van der Waals surface area contributed by atoms with Gasteiger partial charge in [0.05, 0.1) is 0 Å². The molecular formula is C6H7N2. The van der Waals surface area contributed by atoms with Gasteiger partial charge in [0.15, 0.2) is 0 Å². The van der Waals surface area contributed by atoms with Gasteiger partial charge in [0.2, 0.25) is 0 Å². The van der Waals surface area contributed by atoms with Gasteiger partial charge in [-0.1, -0.05) is 0 Å². The van der Waals surface area contributed by atoms with Crippen LogP contribution in [0.1, 0.15) is 5.56 Å². The summed E-state index contributed by atoms with van der Waals surface area (Å²) in [5.41, 5.74) is 6.34. The van der Waals surface area contributed by atoms with Crippen LogP contribution >= 0.6 is 0 Å². The Labute approximate surface area is 48.4 Å². The summed E-state index contributed by atoms with van der Waals surface area (Å²) >= 11 is 0. The van der Waals surface area contributed by atoms with E-state index in [2.05, 4.69) is 11.1 Å². The zero-order valence-corrected chi connectivity index (χ0v) is 4.68. The molecule has 0 saturated heterocycles. The number of hydrogen-bond donors (Lipinski definition) is 1. The third-order valence-electron chi connectivity index (χ3n) is 0.855. The van der Waals surface area contributed by atoms with Gasteiger partial charge in [0.1, 0.15) is 5.82 Å². The molecule has 0 fully saturated rings. The summed E-state index contributed by atoms with van der Waals surface area (Å²) < 4.78 is 0. The molecule has 8 heavy (non-hydrogen) atoms. The molecule has 1 aromatic rings. The number of hydrogen-bond acceptors (Lipinski definition) is 2. The average molecular weight is 107 g/mol. The van der Waals surface area contributed by atoms with Crippen LogP contribution in [0, 0.1) is 13.0 Å². The molecular weight excluding hydrogens is 100 g/mol. The van der Waals surface area contributed by atoms with E-state index in [1.165, 1.54) is 0 Å². The molecule has 0 amide bonds. The number of pyridine rings is 1. The van der Waals surface area contributed by atoms with Gasteiger partial charge >= 0.3 is 0 Å². The largest absolute Gasteiger partial charge is 0.383 e. The molecule has 0 saturated carbocycles. The SMILES string of the molecule is Cc1c[c]c(N)nc1. The van der Waals surface area contributed by atoms with Crippen LogP contribution in [-0.2, 0) is 0 Å². The summed E-state index contributed by atoms with van der Waals surface area (Å²) in [5, 5.41) is 0. The number of aromatic nitrogens is 1. The molecule has 2 nitrogen and oxygen atoms in total. The molecule has 1 rings (SSSR count). The number of anilines is 1. The molecule has 1 heterocycles. The molecule has 2 N–H and O–H groups in total. The number of rotatable bonds is 0. The molecule has 0 atom stereocenters. The van der Waals surface area contributed by atoms with Crippen molar-refractivity contribution in [3.63, 3.8) is 0 Å². The van der Waals surface area contributed by atoms with Crippen molar-refractivity contribution in [2.24, 2.45) is 0 Å². The summed E-state index contributed by atoms with van der Waals surface area (Å²) in [7, 11) is 0. The maximum absolute atomic E-state index is 5.26. The van der Waals surface area contributed by atoms with Gasteiger partial charge < -0.3 is 5.73 Å². The highest BCUT2D eigenvalue weighted by Crippen LogP contribution is 1.95. The molecule has 0 aliphatic rings. The quantitative estimate of drug-likeness (QED) is 0.532. The summed E-state index contributed by atoms with van der Waals surface area (Å²) in [6.45, 7) is 1.95. The Balaban J connectivity index is 3.03. The molecule has 0 unspecified atom stereocenters. The van der Waals surface area contributed by atoms with E-state index in [1.54, 1.807) is 6.20 Å². The Morgan fingerprint density at radius 2 is 2.50 bits per heavy atom. The highest BCUT2D eigenvalue weighted by atomic mass is 14.8. The normalized spacial score (nSPS) is 9.12. The van der Waals surface area contributed by atoms with Gasteiger partial charge in [0.25, 0.3) is 0 Å². The lowest BCUT2D eigenvalue weighted by Gasteiger charge is -1.88. The second-order valence-electron chi connectivity index (χ2n) is 1.68. The Morgan fingerprint density at radius 3 is 2.88 bits per heavy atom.